The SMILES string of the molecule is COc1ccc2c(=O)n(CC3CCN(c4cc(C)nc5cc(C)nn45)CC3)cnc2c1. The van der Waals surface area contributed by atoms with E-state index in [1.54, 1.807) is 30.1 Å². The van der Waals surface area contributed by atoms with Crippen molar-refractivity contribution < 1.29 is 4.74 Å². The zero-order chi connectivity index (χ0) is 21.5. The van der Waals surface area contributed by atoms with E-state index in [-0.39, 0.29) is 5.56 Å². The van der Waals surface area contributed by atoms with E-state index in [0.29, 0.717) is 29.1 Å². The summed E-state index contributed by atoms with van der Waals surface area (Å²) in [6.07, 6.45) is 3.69. The Labute approximate surface area is 180 Å². The maximum Gasteiger partial charge on any atom is 0.261 e. The van der Waals surface area contributed by atoms with E-state index in [2.05, 4.69) is 26.0 Å². The predicted octanol–water partition coefficient (Wildman–Crippen LogP) is 2.98. The number of hydrogen-bond acceptors (Lipinski definition) is 6. The first-order valence-electron chi connectivity index (χ1n) is 10.6. The van der Waals surface area contributed by atoms with Gasteiger partial charge in [-0.25, -0.2) is 9.97 Å². The van der Waals surface area contributed by atoms with Crippen molar-refractivity contribution in [1.82, 2.24) is 24.1 Å². The molecule has 0 bridgehead atoms. The lowest BCUT2D eigenvalue weighted by atomic mass is 9.96. The summed E-state index contributed by atoms with van der Waals surface area (Å²) in [6, 6.07) is 9.52. The van der Waals surface area contributed by atoms with Crippen LogP contribution in [0.1, 0.15) is 24.2 Å². The lowest BCUT2D eigenvalue weighted by molar-refractivity contribution is 0.350. The Morgan fingerprint density at radius 3 is 2.68 bits per heavy atom. The Morgan fingerprint density at radius 2 is 1.90 bits per heavy atom. The third kappa shape index (κ3) is 3.62. The first kappa shape index (κ1) is 19.5. The van der Waals surface area contributed by atoms with E-state index in [9.17, 15) is 4.79 Å². The molecule has 4 heterocycles. The highest BCUT2D eigenvalue weighted by molar-refractivity contribution is 5.78. The third-order valence-corrected chi connectivity index (χ3v) is 6.08. The van der Waals surface area contributed by atoms with Gasteiger partial charge in [0.25, 0.3) is 5.56 Å². The summed E-state index contributed by atoms with van der Waals surface area (Å²) < 4.78 is 8.92. The van der Waals surface area contributed by atoms with Crippen LogP contribution in [-0.4, -0.2) is 44.3 Å². The van der Waals surface area contributed by atoms with Gasteiger partial charge in [0, 0.05) is 43.5 Å². The van der Waals surface area contributed by atoms with Crippen LogP contribution in [0.3, 0.4) is 0 Å². The van der Waals surface area contributed by atoms with E-state index < -0.39 is 0 Å². The van der Waals surface area contributed by atoms with Gasteiger partial charge >= 0.3 is 0 Å². The first-order valence-corrected chi connectivity index (χ1v) is 10.6. The summed E-state index contributed by atoms with van der Waals surface area (Å²) in [5.74, 6) is 2.23. The third-order valence-electron chi connectivity index (χ3n) is 6.08. The lowest BCUT2D eigenvalue weighted by Gasteiger charge is -2.33. The zero-order valence-electron chi connectivity index (χ0n) is 18.1. The molecule has 3 aromatic heterocycles. The second-order valence-corrected chi connectivity index (χ2v) is 8.33. The summed E-state index contributed by atoms with van der Waals surface area (Å²) in [5.41, 5.74) is 3.53. The van der Waals surface area contributed by atoms with Crippen LogP contribution in [0.5, 0.6) is 5.75 Å². The summed E-state index contributed by atoms with van der Waals surface area (Å²) in [4.78, 5) is 24.4. The molecule has 0 radical (unpaired) electrons. The van der Waals surface area contributed by atoms with Gasteiger partial charge in [0.15, 0.2) is 5.65 Å². The molecule has 0 aliphatic carbocycles. The number of benzene rings is 1. The Hall–Kier alpha value is -3.42. The number of aryl methyl sites for hydroxylation is 2. The molecular weight excluding hydrogens is 392 g/mol. The van der Waals surface area contributed by atoms with Gasteiger partial charge in [-0.15, -0.1) is 0 Å². The van der Waals surface area contributed by atoms with Gasteiger partial charge in [0.1, 0.15) is 11.6 Å². The smallest absolute Gasteiger partial charge is 0.261 e. The summed E-state index contributed by atoms with van der Waals surface area (Å²) in [6.45, 7) is 6.55. The summed E-state index contributed by atoms with van der Waals surface area (Å²) >= 11 is 0. The molecule has 0 N–H and O–H groups in total. The number of anilines is 1. The van der Waals surface area contributed by atoms with Gasteiger partial charge in [-0.3, -0.25) is 9.36 Å². The standard InChI is InChI=1S/C23H26N6O2/c1-15-11-22(29-21(25-15)10-16(2)26-29)27-8-6-17(7-9-27)13-28-14-24-20-12-18(31-3)4-5-19(20)23(28)30/h4-5,10-12,14,17H,6-9,13H2,1-3H3. The van der Waals surface area contributed by atoms with Crippen molar-refractivity contribution in [3.63, 3.8) is 0 Å². The molecule has 0 unspecified atom stereocenters. The molecule has 0 saturated carbocycles. The topological polar surface area (TPSA) is 77.5 Å². The molecule has 1 fully saturated rings. The van der Waals surface area contributed by atoms with Gasteiger partial charge in [-0.05, 0) is 44.7 Å². The number of nitrogens with zero attached hydrogens (tertiary/aromatic N) is 6. The molecule has 1 aliphatic rings. The Balaban J connectivity index is 1.33. The first-order chi connectivity index (χ1) is 15.0. The number of methoxy groups -OCH3 is 1. The molecule has 160 valence electrons. The molecule has 1 aliphatic heterocycles. The average molecular weight is 419 g/mol. The van der Waals surface area contributed by atoms with Gasteiger partial charge < -0.3 is 9.64 Å². The zero-order valence-corrected chi connectivity index (χ0v) is 18.1. The monoisotopic (exact) mass is 418 g/mol. The maximum absolute atomic E-state index is 12.9. The molecule has 8 heteroatoms. The van der Waals surface area contributed by atoms with Crippen molar-refractivity contribution in [2.45, 2.75) is 33.2 Å². The Morgan fingerprint density at radius 1 is 1.10 bits per heavy atom. The van der Waals surface area contributed by atoms with Gasteiger partial charge in [0.2, 0.25) is 0 Å². The highest BCUT2D eigenvalue weighted by Crippen LogP contribution is 2.25. The molecule has 31 heavy (non-hydrogen) atoms. The fourth-order valence-electron chi connectivity index (χ4n) is 4.44. The van der Waals surface area contributed by atoms with Crippen molar-refractivity contribution in [2.24, 2.45) is 5.92 Å². The quantitative estimate of drug-likeness (QED) is 0.507. The number of aromatic nitrogens is 5. The van der Waals surface area contributed by atoms with E-state index >= 15 is 0 Å². The Kier molecular flexibility index (Phi) is 4.84. The van der Waals surface area contributed by atoms with Crippen LogP contribution in [0.25, 0.3) is 16.6 Å². The van der Waals surface area contributed by atoms with Crippen molar-refractivity contribution in [1.29, 1.82) is 0 Å². The summed E-state index contributed by atoms with van der Waals surface area (Å²) in [5, 5.41) is 5.25. The highest BCUT2D eigenvalue weighted by atomic mass is 16.5. The Bertz CT molecular complexity index is 1320. The number of piperidine rings is 1. The molecule has 5 rings (SSSR count). The van der Waals surface area contributed by atoms with Crippen molar-refractivity contribution in [2.75, 3.05) is 25.1 Å². The average Bonchev–Trinajstić information content (AvgIpc) is 3.15. The second kappa shape index (κ2) is 7.68. The minimum Gasteiger partial charge on any atom is -0.497 e. The van der Waals surface area contributed by atoms with E-state index in [4.69, 9.17) is 4.74 Å². The molecule has 1 saturated heterocycles. The fourth-order valence-corrected chi connectivity index (χ4v) is 4.44. The van der Waals surface area contributed by atoms with Crippen LogP contribution in [0.4, 0.5) is 5.82 Å². The van der Waals surface area contributed by atoms with E-state index in [1.165, 1.54) is 0 Å². The molecule has 1 aromatic carbocycles. The number of ether oxygens (including phenoxy) is 1. The molecule has 8 nitrogen and oxygen atoms in total. The van der Waals surface area contributed by atoms with Crippen LogP contribution >= 0.6 is 0 Å². The molecule has 0 atom stereocenters. The van der Waals surface area contributed by atoms with Gasteiger partial charge in [-0.1, -0.05) is 0 Å². The van der Waals surface area contributed by atoms with Crippen LogP contribution in [-0.2, 0) is 6.54 Å². The van der Waals surface area contributed by atoms with Crippen molar-refractivity contribution in [3.8, 4) is 5.75 Å². The van der Waals surface area contributed by atoms with Crippen molar-refractivity contribution in [3.05, 3.63) is 58.4 Å². The highest BCUT2D eigenvalue weighted by Gasteiger charge is 2.23. The number of fused-ring (bicyclic) bond motifs is 2. The largest absolute Gasteiger partial charge is 0.497 e. The molecule has 0 amide bonds. The van der Waals surface area contributed by atoms with Crippen LogP contribution in [0.2, 0.25) is 0 Å². The van der Waals surface area contributed by atoms with Gasteiger partial charge in [-0.2, -0.15) is 9.61 Å². The normalized spacial score (nSPS) is 15.1. The van der Waals surface area contributed by atoms with Gasteiger partial charge in [0.05, 0.1) is 30.0 Å². The molecule has 0 spiro atoms. The lowest BCUT2D eigenvalue weighted by Crippen LogP contribution is -2.37. The van der Waals surface area contributed by atoms with E-state index in [1.807, 2.05) is 30.5 Å². The number of hydrogen-bond donors (Lipinski definition) is 0. The fraction of sp³-hybridized carbons (Fsp3) is 0.391. The van der Waals surface area contributed by atoms with Crippen LogP contribution in [0.15, 0.2) is 41.5 Å². The maximum atomic E-state index is 12.9. The van der Waals surface area contributed by atoms with Crippen LogP contribution < -0.4 is 15.2 Å². The number of rotatable bonds is 4. The second-order valence-electron chi connectivity index (χ2n) is 8.33. The molecule has 4 aromatic rings. The van der Waals surface area contributed by atoms with E-state index in [0.717, 1.165) is 48.8 Å². The summed E-state index contributed by atoms with van der Waals surface area (Å²) in [7, 11) is 1.61. The van der Waals surface area contributed by atoms with Crippen LogP contribution in [0, 0.1) is 19.8 Å². The van der Waals surface area contributed by atoms with Crippen molar-refractivity contribution >= 4 is 22.4 Å². The molecular formula is C23H26N6O2. The minimum atomic E-state index is 0.00793. The minimum absolute atomic E-state index is 0.00793. The predicted molar refractivity (Wildman–Crippen MR) is 120 cm³/mol.